The van der Waals surface area contributed by atoms with E-state index in [2.05, 4.69) is 10.3 Å². The molecule has 15 atom stereocenters. The van der Waals surface area contributed by atoms with Gasteiger partial charge in [0.15, 0.2) is 18.5 Å². The van der Waals surface area contributed by atoms with Crippen molar-refractivity contribution in [2.24, 2.45) is 39.4 Å². The number of nitrogens with zero attached hydrogens (tertiary/aromatic N) is 1. The molecule has 19 N–H and O–H groups in total. The predicted molar refractivity (Wildman–Crippen MR) is 139 cm³/mol. The number of ether oxygens (including phenoxy) is 4. The molecule has 0 spiro atoms. The van der Waals surface area contributed by atoms with Crippen LogP contribution in [0.4, 0.5) is 0 Å². The van der Waals surface area contributed by atoms with Gasteiger partial charge in [-0.1, -0.05) is 0 Å². The first kappa shape index (κ1) is 33.7. The third-order valence-corrected chi connectivity index (χ3v) is 7.43. The summed E-state index contributed by atoms with van der Waals surface area (Å²) in [6.07, 6.45) is -16.8. The lowest BCUT2D eigenvalue weighted by molar-refractivity contribution is -0.306. The summed E-state index contributed by atoms with van der Waals surface area (Å²) in [7, 11) is 0. The number of nitrogens with one attached hydrogen (secondary N) is 1. The van der Waals surface area contributed by atoms with Crippen LogP contribution in [0.25, 0.3) is 0 Å². The Hall–Kier alpha value is -1.82. The smallest absolute Gasteiger partial charge is 0.249 e. The molecule has 1 aliphatic carbocycles. The molecule has 0 aromatic carbocycles. The average Bonchev–Trinajstić information content (AvgIpc) is 3.19. The van der Waals surface area contributed by atoms with Crippen LogP contribution in [0.2, 0.25) is 0 Å². The van der Waals surface area contributed by atoms with Crippen LogP contribution in [0, 0.1) is 0 Å². The normalized spacial score (nSPS) is 43.9. The Morgan fingerprint density at radius 3 is 2.12 bits per heavy atom. The van der Waals surface area contributed by atoms with Crippen LogP contribution in [0.1, 0.15) is 12.8 Å². The molecule has 19 nitrogen and oxygen atoms in total. The Kier molecular flexibility index (Phi) is 12.0. The second kappa shape index (κ2) is 14.6. The van der Waals surface area contributed by atoms with Gasteiger partial charge in [0.05, 0.1) is 18.6 Å². The summed E-state index contributed by atoms with van der Waals surface area (Å²) in [5, 5.41) is 65.4. The molecule has 0 bridgehead atoms. The van der Waals surface area contributed by atoms with E-state index in [9.17, 15) is 35.4 Å². The number of nitrogens with two attached hydrogens (primary N) is 6. The van der Waals surface area contributed by atoms with Crippen molar-refractivity contribution in [3.8, 4) is 0 Å². The molecule has 2 heterocycles. The lowest BCUT2D eigenvalue weighted by Crippen LogP contribution is -2.69. The van der Waals surface area contributed by atoms with Gasteiger partial charge in [-0.05, 0) is 19.4 Å². The number of guanidine groups is 1. The molecule has 0 aromatic rings. The zero-order chi connectivity index (χ0) is 30.6. The van der Waals surface area contributed by atoms with E-state index in [1.807, 2.05) is 0 Å². The van der Waals surface area contributed by atoms with Crippen molar-refractivity contribution >= 4 is 11.9 Å². The van der Waals surface area contributed by atoms with Crippen LogP contribution in [0.15, 0.2) is 4.99 Å². The Balaban J connectivity index is 1.85. The number of rotatable bonds is 11. The second-order valence-electron chi connectivity index (χ2n) is 10.4. The van der Waals surface area contributed by atoms with Crippen molar-refractivity contribution in [1.82, 2.24) is 5.32 Å². The van der Waals surface area contributed by atoms with Gasteiger partial charge < -0.3 is 89.3 Å². The zero-order valence-electron chi connectivity index (χ0n) is 22.3. The van der Waals surface area contributed by atoms with E-state index in [4.69, 9.17) is 53.3 Å². The van der Waals surface area contributed by atoms with E-state index in [-0.39, 0.29) is 38.4 Å². The predicted octanol–water partition coefficient (Wildman–Crippen LogP) is -8.50. The topological polar surface area (TPSA) is 356 Å². The van der Waals surface area contributed by atoms with Gasteiger partial charge in [-0.15, -0.1) is 0 Å². The molecule has 41 heavy (non-hydrogen) atoms. The maximum Gasteiger partial charge on any atom is 0.249 e. The minimum absolute atomic E-state index is 0.0308. The maximum absolute atomic E-state index is 12.5. The highest BCUT2D eigenvalue weighted by molar-refractivity contribution is 5.80. The number of carbonyl (C=O) groups is 1. The van der Waals surface area contributed by atoms with Gasteiger partial charge in [0.1, 0.15) is 61.0 Å². The van der Waals surface area contributed by atoms with Crippen molar-refractivity contribution in [2.75, 3.05) is 19.6 Å². The highest BCUT2D eigenvalue weighted by atomic mass is 16.7. The fourth-order valence-electron chi connectivity index (χ4n) is 5.03. The maximum atomic E-state index is 12.5. The molecule has 3 aliphatic rings. The van der Waals surface area contributed by atoms with Gasteiger partial charge in [0, 0.05) is 12.6 Å². The standard InChI is InChI=1S/C22H44N8O11/c23-2-1-8(31)19(37)30-7-3-6(25)17(40-20-11(26)15(35)13(33)9(4-24)38-20)18(12(7)32)41-21-16(36)14(34)10(39-21)5-29-22(27)28/h6-18,20-21,31-36H,1-5,23-26H2,(H,30,37)(H4,27,28,29)/t6-,7+,8-,9+,10+,11+,12-,13+,14-,15+,16+,17+,18+,20+,21-/m0/s1. The third kappa shape index (κ3) is 7.77. The minimum Gasteiger partial charge on any atom is -0.388 e. The highest BCUT2D eigenvalue weighted by Gasteiger charge is 2.53. The van der Waals surface area contributed by atoms with E-state index >= 15 is 0 Å². The second-order valence-corrected chi connectivity index (χ2v) is 10.4. The van der Waals surface area contributed by atoms with E-state index in [0.717, 1.165) is 0 Å². The van der Waals surface area contributed by atoms with E-state index in [1.54, 1.807) is 0 Å². The molecule has 0 radical (unpaired) electrons. The van der Waals surface area contributed by atoms with Crippen LogP contribution < -0.4 is 39.7 Å². The monoisotopic (exact) mass is 596 g/mol. The summed E-state index contributed by atoms with van der Waals surface area (Å²) in [4.78, 5) is 16.2. The Labute approximate surface area is 235 Å². The summed E-state index contributed by atoms with van der Waals surface area (Å²) in [6.45, 7) is -0.355. The van der Waals surface area contributed by atoms with Crippen LogP contribution in [-0.4, -0.2) is 154 Å². The van der Waals surface area contributed by atoms with Crippen molar-refractivity contribution in [3.63, 3.8) is 0 Å². The van der Waals surface area contributed by atoms with Gasteiger partial charge in [0.2, 0.25) is 5.91 Å². The summed E-state index contributed by atoms with van der Waals surface area (Å²) >= 11 is 0. The molecule has 1 amide bonds. The van der Waals surface area contributed by atoms with E-state index in [0.29, 0.717) is 0 Å². The van der Waals surface area contributed by atoms with Gasteiger partial charge >= 0.3 is 0 Å². The first-order valence-corrected chi connectivity index (χ1v) is 13.3. The Morgan fingerprint density at radius 2 is 1.51 bits per heavy atom. The van der Waals surface area contributed by atoms with Gasteiger partial charge in [0.25, 0.3) is 0 Å². The van der Waals surface area contributed by atoms with Crippen LogP contribution >= 0.6 is 0 Å². The number of aliphatic imine (C=N–C) groups is 1. The molecule has 0 unspecified atom stereocenters. The highest BCUT2D eigenvalue weighted by Crippen LogP contribution is 2.32. The van der Waals surface area contributed by atoms with Crippen LogP contribution in [0.5, 0.6) is 0 Å². The van der Waals surface area contributed by atoms with Crippen molar-refractivity contribution < 1.29 is 54.4 Å². The number of carbonyl (C=O) groups excluding carboxylic acids is 1. The molecular formula is C22H44N8O11. The number of aliphatic hydroxyl groups excluding tert-OH is 6. The number of hydrogen-bond donors (Lipinski definition) is 13. The molecule has 19 heteroatoms. The number of hydrogen-bond acceptors (Lipinski definition) is 16. The average molecular weight is 597 g/mol. The number of aliphatic hydroxyl groups is 6. The minimum atomic E-state index is -1.62. The summed E-state index contributed by atoms with van der Waals surface area (Å²) in [5.74, 6) is -1.08. The molecule has 2 aliphatic heterocycles. The van der Waals surface area contributed by atoms with Gasteiger partial charge in [-0.2, -0.15) is 0 Å². The third-order valence-electron chi connectivity index (χ3n) is 7.43. The van der Waals surface area contributed by atoms with Crippen molar-refractivity contribution in [1.29, 1.82) is 0 Å². The molecule has 1 saturated carbocycles. The fraction of sp³-hybridized carbons (Fsp3) is 0.909. The number of amides is 1. The van der Waals surface area contributed by atoms with Crippen molar-refractivity contribution in [2.45, 2.75) is 105 Å². The molecule has 2 saturated heterocycles. The lowest BCUT2D eigenvalue weighted by atomic mass is 9.83. The van der Waals surface area contributed by atoms with Gasteiger partial charge in [-0.25, -0.2) is 0 Å². The SMILES string of the molecule is NCC[C@H](O)C(=O)N[C@@H]1C[C@H](N)[C@@H](O[C@H]2O[C@H](CN)[C@@H](O)[C@H](O)[C@H]2N)[C@H](O[C@@H]2O[C@H](CN=C(N)N)[C@H](O)[C@H]2O)[C@H]1O. The summed E-state index contributed by atoms with van der Waals surface area (Å²) < 4.78 is 23.1. The molecule has 3 rings (SSSR count). The Morgan fingerprint density at radius 1 is 0.902 bits per heavy atom. The fourth-order valence-corrected chi connectivity index (χ4v) is 5.03. The largest absolute Gasteiger partial charge is 0.388 e. The molecule has 238 valence electrons. The molecule has 3 fully saturated rings. The Bertz CT molecular complexity index is 886. The van der Waals surface area contributed by atoms with Crippen LogP contribution in [0.3, 0.4) is 0 Å². The van der Waals surface area contributed by atoms with E-state index < -0.39 is 97.7 Å². The van der Waals surface area contributed by atoms with Gasteiger partial charge in [-0.3, -0.25) is 9.79 Å². The first-order valence-electron chi connectivity index (χ1n) is 13.3. The summed E-state index contributed by atoms with van der Waals surface area (Å²) in [6, 6.07) is -3.32. The van der Waals surface area contributed by atoms with Crippen LogP contribution in [-0.2, 0) is 23.7 Å². The zero-order valence-corrected chi connectivity index (χ0v) is 22.3. The molecule has 0 aromatic heterocycles. The quantitative estimate of drug-likeness (QED) is 0.0777. The van der Waals surface area contributed by atoms with E-state index in [1.165, 1.54) is 0 Å². The van der Waals surface area contributed by atoms with Crippen molar-refractivity contribution in [3.05, 3.63) is 0 Å². The molecular weight excluding hydrogens is 552 g/mol. The summed E-state index contributed by atoms with van der Waals surface area (Å²) in [5.41, 5.74) is 34.1. The lowest BCUT2D eigenvalue weighted by Gasteiger charge is -2.48. The first-order chi connectivity index (χ1) is 19.3.